The smallest absolute Gasteiger partial charge is 0.343 e. The predicted molar refractivity (Wildman–Crippen MR) is 119 cm³/mol. The summed E-state index contributed by atoms with van der Waals surface area (Å²) in [6.07, 6.45) is -2.43. The monoisotopic (exact) mass is 500 g/mol. The number of urea groups is 1. The van der Waals surface area contributed by atoms with Crippen molar-refractivity contribution in [1.82, 2.24) is 25.1 Å². The molecule has 0 spiro atoms. The van der Waals surface area contributed by atoms with Crippen molar-refractivity contribution in [3.63, 3.8) is 0 Å². The molecule has 0 bridgehead atoms. The van der Waals surface area contributed by atoms with Crippen molar-refractivity contribution in [2.45, 2.75) is 44.1 Å². The van der Waals surface area contributed by atoms with Crippen molar-refractivity contribution in [2.24, 2.45) is 0 Å². The Kier molecular flexibility index (Phi) is 6.86. The van der Waals surface area contributed by atoms with Gasteiger partial charge in [0.05, 0.1) is 23.3 Å². The minimum atomic E-state index is -4.43. The Morgan fingerprint density at radius 2 is 2.06 bits per heavy atom. The molecule has 3 heterocycles. The van der Waals surface area contributed by atoms with E-state index in [1.54, 1.807) is 11.0 Å². The number of aromatic nitrogens is 2. The molecular formula is C22H25ClF4N6O. The van der Waals surface area contributed by atoms with Gasteiger partial charge in [0.15, 0.2) is 0 Å². The lowest BCUT2D eigenvalue weighted by molar-refractivity contribution is -0.138. The van der Waals surface area contributed by atoms with Gasteiger partial charge in [-0.2, -0.15) is 13.2 Å². The summed E-state index contributed by atoms with van der Waals surface area (Å²) in [4.78, 5) is 24.9. The largest absolute Gasteiger partial charge is 0.408 e. The van der Waals surface area contributed by atoms with E-state index in [4.69, 9.17) is 11.6 Å². The summed E-state index contributed by atoms with van der Waals surface area (Å²) in [5.74, 6) is -0.747. The van der Waals surface area contributed by atoms with Gasteiger partial charge in [-0.3, -0.25) is 0 Å². The predicted octanol–water partition coefficient (Wildman–Crippen LogP) is 3.80. The standard InChI is InChI=1S/C22H25ClF4N6O/c1-12(22(25,26)27)29-20-28-8-14-5-6-33(11-18(14)30-20)21(34)31-19-10-32(2)9-15(19)13-3-4-16(23)17(24)7-13/h3-4,7-8,12,15,19H,5-6,9-11H2,1-2H3,(H,31,34)(H,28,29,30)/t12-,15-,19+/m0/s1. The molecule has 3 atom stereocenters. The highest BCUT2D eigenvalue weighted by atomic mass is 35.5. The summed E-state index contributed by atoms with van der Waals surface area (Å²) in [7, 11) is 1.93. The average Bonchev–Trinajstić information content (AvgIpc) is 3.14. The number of hydrogen-bond donors (Lipinski definition) is 2. The van der Waals surface area contributed by atoms with E-state index >= 15 is 0 Å². The van der Waals surface area contributed by atoms with Crippen molar-refractivity contribution < 1.29 is 22.4 Å². The normalized spacial score (nSPS) is 21.8. The van der Waals surface area contributed by atoms with Gasteiger partial charge in [-0.1, -0.05) is 17.7 Å². The highest BCUT2D eigenvalue weighted by Gasteiger charge is 2.37. The molecule has 2 amide bonds. The minimum Gasteiger partial charge on any atom is -0.343 e. The van der Waals surface area contributed by atoms with Crippen LogP contribution in [0.4, 0.5) is 28.3 Å². The molecule has 1 saturated heterocycles. The third kappa shape index (κ3) is 5.35. The molecule has 2 aliphatic heterocycles. The number of halogens is 5. The zero-order valence-corrected chi connectivity index (χ0v) is 19.4. The molecule has 184 valence electrons. The lowest BCUT2D eigenvalue weighted by atomic mass is 9.94. The average molecular weight is 501 g/mol. The van der Waals surface area contributed by atoms with E-state index in [0.29, 0.717) is 31.7 Å². The van der Waals surface area contributed by atoms with Crippen molar-refractivity contribution in [1.29, 1.82) is 0 Å². The molecule has 0 unspecified atom stereocenters. The number of carbonyl (C=O) groups excluding carboxylic acids is 1. The van der Waals surface area contributed by atoms with Gasteiger partial charge < -0.3 is 20.4 Å². The number of amides is 2. The van der Waals surface area contributed by atoms with Crippen LogP contribution < -0.4 is 10.6 Å². The molecule has 1 aromatic carbocycles. The molecular weight excluding hydrogens is 476 g/mol. The van der Waals surface area contributed by atoms with E-state index in [1.165, 1.54) is 18.3 Å². The quantitative estimate of drug-likeness (QED) is 0.625. The van der Waals surface area contributed by atoms with Gasteiger partial charge in [-0.25, -0.2) is 19.2 Å². The molecule has 4 rings (SSSR count). The first kappa shape index (κ1) is 24.5. The molecule has 0 saturated carbocycles. The molecule has 1 aromatic heterocycles. The maximum absolute atomic E-state index is 14.0. The second-order valence-corrected chi connectivity index (χ2v) is 9.21. The SMILES string of the molecule is C[C@H](Nc1ncc2c(n1)CN(C(=O)N[C@@H]1CN(C)C[C@H]1c1ccc(Cl)c(F)c1)CC2)C(F)(F)F. The van der Waals surface area contributed by atoms with Gasteiger partial charge >= 0.3 is 12.2 Å². The minimum absolute atomic E-state index is 0.0446. The first-order chi connectivity index (χ1) is 16.0. The van der Waals surface area contributed by atoms with Gasteiger partial charge in [0.25, 0.3) is 0 Å². The van der Waals surface area contributed by atoms with E-state index in [1.807, 2.05) is 7.05 Å². The summed E-state index contributed by atoms with van der Waals surface area (Å²) in [5, 5.41) is 5.35. The summed E-state index contributed by atoms with van der Waals surface area (Å²) >= 11 is 5.81. The summed E-state index contributed by atoms with van der Waals surface area (Å²) in [5.41, 5.74) is 2.06. The Hall–Kier alpha value is -2.66. The zero-order valence-electron chi connectivity index (χ0n) is 18.7. The third-order valence-corrected chi connectivity index (χ3v) is 6.56. The molecule has 2 aromatic rings. The molecule has 0 radical (unpaired) electrons. The van der Waals surface area contributed by atoms with Gasteiger partial charge in [-0.15, -0.1) is 0 Å². The Bertz CT molecular complexity index is 1070. The number of hydrogen-bond acceptors (Lipinski definition) is 5. The number of anilines is 1. The van der Waals surface area contributed by atoms with Crippen LogP contribution in [0.3, 0.4) is 0 Å². The van der Waals surface area contributed by atoms with Gasteiger partial charge in [0.1, 0.15) is 11.9 Å². The van der Waals surface area contributed by atoms with Crippen LogP contribution in [0.25, 0.3) is 0 Å². The number of benzene rings is 1. The molecule has 1 fully saturated rings. The number of carbonyl (C=O) groups is 1. The van der Waals surface area contributed by atoms with Crippen LogP contribution in [-0.4, -0.2) is 70.7 Å². The van der Waals surface area contributed by atoms with Crippen LogP contribution in [0.5, 0.6) is 0 Å². The van der Waals surface area contributed by atoms with Crippen molar-refractivity contribution in [2.75, 3.05) is 32.0 Å². The Morgan fingerprint density at radius 1 is 1.29 bits per heavy atom. The lowest BCUT2D eigenvalue weighted by Crippen LogP contribution is -2.49. The number of alkyl halides is 3. The first-order valence-corrected chi connectivity index (χ1v) is 11.3. The van der Waals surface area contributed by atoms with Gasteiger partial charge in [-0.05, 0) is 43.7 Å². The second-order valence-electron chi connectivity index (χ2n) is 8.80. The summed E-state index contributed by atoms with van der Waals surface area (Å²) in [6, 6.07) is 2.32. The van der Waals surface area contributed by atoms with Crippen LogP contribution in [0.1, 0.15) is 29.7 Å². The molecule has 2 N–H and O–H groups in total. The lowest BCUT2D eigenvalue weighted by Gasteiger charge is -2.30. The van der Waals surface area contributed by atoms with E-state index in [9.17, 15) is 22.4 Å². The molecule has 2 aliphatic rings. The highest BCUT2D eigenvalue weighted by Crippen LogP contribution is 2.30. The number of nitrogens with one attached hydrogen (secondary N) is 2. The van der Waals surface area contributed by atoms with E-state index in [0.717, 1.165) is 18.1 Å². The van der Waals surface area contributed by atoms with E-state index in [2.05, 4.69) is 25.5 Å². The Labute approximate surface area is 199 Å². The molecule has 34 heavy (non-hydrogen) atoms. The van der Waals surface area contributed by atoms with Crippen LogP contribution >= 0.6 is 11.6 Å². The Morgan fingerprint density at radius 3 is 2.76 bits per heavy atom. The van der Waals surface area contributed by atoms with Gasteiger partial charge in [0.2, 0.25) is 5.95 Å². The third-order valence-electron chi connectivity index (χ3n) is 6.25. The fraction of sp³-hybridized carbons (Fsp3) is 0.500. The van der Waals surface area contributed by atoms with Gasteiger partial charge in [0, 0.05) is 31.7 Å². The van der Waals surface area contributed by atoms with Crippen LogP contribution in [0.2, 0.25) is 5.02 Å². The number of nitrogens with zero attached hydrogens (tertiary/aromatic N) is 4. The number of likely N-dealkylation sites (tertiary alicyclic amines) is 1. The van der Waals surface area contributed by atoms with E-state index in [-0.39, 0.29) is 35.5 Å². The molecule has 12 heteroatoms. The van der Waals surface area contributed by atoms with Crippen molar-refractivity contribution in [3.05, 3.63) is 52.1 Å². The fourth-order valence-electron chi connectivity index (χ4n) is 4.30. The number of fused-ring (bicyclic) bond motifs is 1. The first-order valence-electron chi connectivity index (χ1n) is 10.9. The van der Waals surface area contributed by atoms with Crippen molar-refractivity contribution >= 4 is 23.6 Å². The van der Waals surface area contributed by atoms with Crippen molar-refractivity contribution in [3.8, 4) is 0 Å². The molecule has 0 aliphatic carbocycles. The van der Waals surface area contributed by atoms with Crippen LogP contribution in [-0.2, 0) is 13.0 Å². The Balaban J connectivity index is 1.44. The molecule has 7 nitrogen and oxygen atoms in total. The topological polar surface area (TPSA) is 73.4 Å². The van der Waals surface area contributed by atoms with Crippen LogP contribution in [0, 0.1) is 5.82 Å². The van der Waals surface area contributed by atoms with E-state index < -0.39 is 18.0 Å². The summed E-state index contributed by atoms with van der Waals surface area (Å²) < 4.78 is 52.6. The fourth-order valence-corrected chi connectivity index (χ4v) is 4.42. The van der Waals surface area contributed by atoms with Crippen LogP contribution in [0.15, 0.2) is 24.4 Å². The summed E-state index contributed by atoms with van der Waals surface area (Å²) in [6.45, 7) is 2.81. The number of likely N-dealkylation sites (N-methyl/N-ethyl adjacent to an activating group) is 1. The highest BCUT2D eigenvalue weighted by molar-refractivity contribution is 6.30. The second kappa shape index (κ2) is 9.53. The number of rotatable bonds is 4. The maximum atomic E-state index is 14.0. The maximum Gasteiger partial charge on any atom is 0.408 e. The zero-order chi connectivity index (χ0) is 24.6.